The van der Waals surface area contributed by atoms with E-state index in [9.17, 15) is 9.59 Å². The molecule has 1 aliphatic rings. The monoisotopic (exact) mass is 382 g/mol. The van der Waals surface area contributed by atoms with E-state index in [4.69, 9.17) is 38.8 Å². The third-order valence-electron chi connectivity index (χ3n) is 3.69. The van der Waals surface area contributed by atoms with Crippen LogP contribution in [0.3, 0.4) is 0 Å². The Morgan fingerprint density at radius 1 is 1.32 bits per heavy atom. The van der Waals surface area contributed by atoms with Gasteiger partial charge in [-0.3, -0.25) is 9.59 Å². The Hall–Kier alpha value is -2.58. The second kappa shape index (κ2) is 6.38. The molecule has 1 aliphatic heterocycles. The maximum Gasteiger partial charge on any atom is 0.323 e. The van der Waals surface area contributed by atoms with Crippen molar-refractivity contribution < 1.29 is 19.4 Å². The quantitative estimate of drug-likeness (QED) is 0.830. The minimum atomic E-state index is -1.13. The fourth-order valence-electron chi connectivity index (χ4n) is 2.62. The molecular weight excluding hydrogens is 371 g/mol. The molecule has 8 nitrogen and oxygen atoms in total. The van der Waals surface area contributed by atoms with Gasteiger partial charge in [-0.15, -0.1) is 0 Å². The van der Waals surface area contributed by atoms with Crippen molar-refractivity contribution in [2.75, 3.05) is 19.4 Å². The first-order chi connectivity index (χ1) is 11.8. The van der Waals surface area contributed by atoms with Gasteiger partial charge in [0, 0.05) is 11.1 Å². The predicted molar refractivity (Wildman–Crippen MR) is 90.8 cm³/mol. The molecule has 0 unspecified atom stereocenters. The van der Waals surface area contributed by atoms with E-state index in [1.807, 2.05) is 0 Å². The Bertz CT molecular complexity index is 904. The summed E-state index contributed by atoms with van der Waals surface area (Å²) < 4.78 is 5.19. The first-order valence-electron chi connectivity index (χ1n) is 7.02. The highest BCUT2D eigenvalue weighted by molar-refractivity contribution is 6.37. The molecule has 0 saturated heterocycles. The summed E-state index contributed by atoms with van der Waals surface area (Å²) in [4.78, 5) is 32.6. The summed E-state index contributed by atoms with van der Waals surface area (Å²) in [5.74, 6) is -1.40. The average Bonchev–Trinajstić information content (AvgIpc) is 2.83. The van der Waals surface area contributed by atoms with E-state index >= 15 is 0 Å². The van der Waals surface area contributed by atoms with Crippen molar-refractivity contribution in [3.8, 4) is 17.0 Å². The topological polar surface area (TPSA) is 119 Å². The largest absolute Gasteiger partial charge is 0.495 e. The van der Waals surface area contributed by atoms with Crippen molar-refractivity contribution in [3.05, 3.63) is 33.4 Å². The Balaban J connectivity index is 2.17. The predicted octanol–water partition coefficient (Wildman–Crippen LogP) is 2.08. The summed E-state index contributed by atoms with van der Waals surface area (Å²) in [7, 11) is 1.45. The number of amides is 1. The molecule has 130 valence electrons. The van der Waals surface area contributed by atoms with Crippen LogP contribution < -0.4 is 10.5 Å². The van der Waals surface area contributed by atoms with Gasteiger partial charge >= 0.3 is 5.97 Å². The molecule has 0 aliphatic carbocycles. The van der Waals surface area contributed by atoms with Crippen LogP contribution in [0, 0.1) is 0 Å². The van der Waals surface area contributed by atoms with Gasteiger partial charge in [0.05, 0.1) is 29.4 Å². The summed E-state index contributed by atoms with van der Waals surface area (Å²) in [6.45, 7) is -0.413. The normalized spacial score (nSPS) is 13.1. The summed E-state index contributed by atoms with van der Waals surface area (Å²) in [5, 5.41) is 9.55. The molecule has 0 saturated carbocycles. The molecule has 3 rings (SSSR count). The van der Waals surface area contributed by atoms with Gasteiger partial charge in [0.1, 0.15) is 18.0 Å². The van der Waals surface area contributed by atoms with Crippen LogP contribution in [-0.2, 0) is 11.3 Å². The number of aromatic nitrogens is 2. The molecule has 1 aromatic heterocycles. The van der Waals surface area contributed by atoms with Crippen LogP contribution in [0.2, 0.25) is 10.0 Å². The van der Waals surface area contributed by atoms with Gasteiger partial charge in [0.15, 0.2) is 0 Å². The SMILES string of the molecule is COc1cc(-c2nc(N)nc3c2CN(CC(=O)O)C3=O)c(Cl)cc1Cl. The van der Waals surface area contributed by atoms with E-state index in [2.05, 4.69) is 9.97 Å². The highest BCUT2D eigenvalue weighted by atomic mass is 35.5. The first kappa shape index (κ1) is 17.2. The number of aliphatic carboxylic acids is 1. The molecule has 0 bridgehead atoms. The number of rotatable bonds is 4. The van der Waals surface area contributed by atoms with Gasteiger partial charge in [-0.1, -0.05) is 23.2 Å². The number of carbonyl (C=O) groups is 2. The lowest BCUT2D eigenvalue weighted by molar-refractivity contribution is -0.137. The van der Waals surface area contributed by atoms with Crippen LogP contribution in [0.5, 0.6) is 5.75 Å². The number of nitrogens with two attached hydrogens (primary N) is 1. The maximum atomic E-state index is 12.4. The van der Waals surface area contributed by atoms with Crippen LogP contribution in [0.25, 0.3) is 11.3 Å². The molecular formula is C15H12Cl2N4O4. The molecule has 1 amide bonds. The van der Waals surface area contributed by atoms with E-state index < -0.39 is 18.4 Å². The zero-order chi connectivity index (χ0) is 18.3. The van der Waals surface area contributed by atoms with Crippen molar-refractivity contribution in [2.24, 2.45) is 0 Å². The number of nitrogen functional groups attached to an aromatic ring is 1. The van der Waals surface area contributed by atoms with E-state index in [1.54, 1.807) is 6.07 Å². The summed E-state index contributed by atoms with van der Waals surface area (Å²) in [6.07, 6.45) is 0. The number of carboxylic acid groups (broad SMARTS) is 1. The van der Waals surface area contributed by atoms with Gasteiger partial charge in [0.25, 0.3) is 5.91 Å². The van der Waals surface area contributed by atoms with E-state index in [-0.39, 0.29) is 23.2 Å². The molecule has 0 spiro atoms. The zero-order valence-corrected chi connectivity index (χ0v) is 14.4. The Kier molecular flexibility index (Phi) is 4.40. The smallest absolute Gasteiger partial charge is 0.323 e. The molecule has 0 radical (unpaired) electrons. The molecule has 2 heterocycles. The fraction of sp³-hybridized carbons (Fsp3) is 0.200. The molecule has 25 heavy (non-hydrogen) atoms. The number of hydrogen-bond donors (Lipinski definition) is 2. The molecule has 2 aromatic rings. The molecule has 1 aromatic carbocycles. The third kappa shape index (κ3) is 3.06. The minimum Gasteiger partial charge on any atom is -0.495 e. The lowest BCUT2D eigenvalue weighted by Crippen LogP contribution is -2.30. The zero-order valence-electron chi connectivity index (χ0n) is 12.9. The molecule has 0 atom stereocenters. The number of anilines is 1. The standard InChI is InChI=1S/C15H12Cl2N4O4/c1-25-10-2-6(8(16)3-9(10)17)12-7-4-21(5-11(22)23)14(24)13(7)20-15(18)19-12/h2-3H,4-5H2,1H3,(H,22,23)(H2,18,19,20). The van der Waals surface area contributed by atoms with Crippen LogP contribution in [0.1, 0.15) is 16.1 Å². The second-order valence-corrected chi connectivity index (χ2v) is 6.09. The van der Waals surface area contributed by atoms with Crippen molar-refractivity contribution >= 4 is 41.0 Å². The third-order valence-corrected chi connectivity index (χ3v) is 4.29. The van der Waals surface area contributed by atoms with E-state index in [1.165, 1.54) is 13.2 Å². The van der Waals surface area contributed by atoms with E-state index in [0.29, 0.717) is 27.6 Å². The molecule has 0 fully saturated rings. The van der Waals surface area contributed by atoms with E-state index in [0.717, 1.165) is 4.90 Å². The number of nitrogens with zero attached hydrogens (tertiary/aromatic N) is 3. The van der Waals surface area contributed by atoms with Gasteiger partial charge in [-0.25, -0.2) is 9.97 Å². The Morgan fingerprint density at radius 2 is 2.00 bits per heavy atom. The Morgan fingerprint density at radius 3 is 2.64 bits per heavy atom. The fourth-order valence-corrected chi connectivity index (χ4v) is 3.17. The number of ether oxygens (including phenoxy) is 1. The van der Waals surface area contributed by atoms with Crippen molar-refractivity contribution in [1.82, 2.24) is 14.9 Å². The number of carbonyl (C=O) groups excluding carboxylic acids is 1. The van der Waals surface area contributed by atoms with Gasteiger partial charge in [0.2, 0.25) is 5.95 Å². The number of carboxylic acids is 1. The van der Waals surface area contributed by atoms with Crippen LogP contribution in [-0.4, -0.2) is 45.5 Å². The minimum absolute atomic E-state index is 0.0390. The number of halogens is 2. The van der Waals surface area contributed by atoms with Gasteiger partial charge < -0.3 is 20.5 Å². The first-order valence-corrected chi connectivity index (χ1v) is 7.78. The highest BCUT2D eigenvalue weighted by Gasteiger charge is 2.34. The molecule has 3 N–H and O–H groups in total. The maximum absolute atomic E-state index is 12.4. The lowest BCUT2D eigenvalue weighted by atomic mass is 10.1. The average molecular weight is 383 g/mol. The second-order valence-electron chi connectivity index (χ2n) is 5.28. The number of benzene rings is 1. The number of fused-ring (bicyclic) bond motifs is 1. The van der Waals surface area contributed by atoms with Crippen molar-refractivity contribution in [2.45, 2.75) is 6.54 Å². The van der Waals surface area contributed by atoms with Crippen molar-refractivity contribution in [1.29, 1.82) is 0 Å². The highest BCUT2D eigenvalue weighted by Crippen LogP contribution is 2.39. The lowest BCUT2D eigenvalue weighted by Gasteiger charge is -2.13. The molecule has 10 heteroatoms. The van der Waals surface area contributed by atoms with Gasteiger partial charge in [-0.05, 0) is 12.1 Å². The number of methoxy groups -OCH3 is 1. The summed E-state index contributed by atoms with van der Waals surface area (Å²) >= 11 is 12.3. The van der Waals surface area contributed by atoms with Crippen molar-refractivity contribution in [3.63, 3.8) is 0 Å². The van der Waals surface area contributed by atoms with Crippen LogP contribution in [0.4, 0.5) is 5.95 Å². The van der Waals surface area contributed by atoms with Gasteiger partial charge in [-0.2, -0.15) is 0 Å². The van der Waals surface area contributed by atoms with Crippen LogP contribution >= 0.6 is 23.2 Å². The van der Waals surface area contributed by atoms with Crippen LogP contribution in [0.15, 0.2) is 12.1 Å². The number of hydrogen-bond acceptors (Lipinski definition) is 6. The summed E-state index contributed by atoms with van der Waals surface area (Å²) in [5.41, 5.74) is 7.03. The Labute approximate surface area is 152 Å². The summed E-state index contributed by atoms with van der Waals surface area (Å²) in [6, 6.07) is 3.07.